The van der Waals surface area contributed by atoms with E-state index in [1.165, 1.54) is 0 Å². The zero-order valence-corrected chi connectivity index (χ0v) is 11.4. The van der Waals surface area contributed by atoms with E-state index in [-0.39, 0.29) is 19.0 Å². The van der Waals surface area contributed by atoms with E-state index in [0.717, 1.165) is 0 Å². The summed E-state index contributed by atoms with van der Waals surface area (Å²) in [5.74, 6) is 0.959. The first-order valence-corrected chi connectivity index (χ1v) is 6.57. The van der Waals surface area contributed by atoms with Crippen molar-refractivity contribution in [2.24, 2.45) is 5.73 Å². The predicted molar refractivity (Wildman–Crippen MR) is 76.2 cm³/mol. The van der Waals surface area contributed by atoms with Crippen LogP contribution in [0.4, 0.5) is 4.39 Å². The van der Waals surface area contributed by atoms with Crippen LogP contribution in [-0.4, -0.2) is 6.61 Å². The molecule has 2 aromatic carbocycles. The van der Waals surface area contributed by atoms with E-state index in [4.69, 9.17) is 15.2 Å². The molecule has 0 heterocycles. The third-order valence-electron chi connectivity index (χ3n) is 2.91. The van der Waals surface area contributed by atoms with Crippen molar-refractivity contribution < 1.29 is 13.9 Å². The van der Waals surface area contributed by atoms with Gasteiger partial charge in [0.1, 0.15) is 12.4 Å². The highest BCUT2D eigenvalue weighted by atomic mass is 19.1. The van der Waals surface area contributed by atoms with Crippen molar-refractivity contribution in [1.29, 1.82) is 0 Å². The van der Waals surface area contributed by atoms with Crippen LogP contribution in [0.25, 0.3) is 0 Å². The Bertz CT molecular complexity index is 572. The Hall–Kier alpha value is -2.07. The normalized spacial score (nSPS) is 10.3. The molecule has 0 amide bonds. The van der Waals surface area contributed by atoms with Crippen LogP contribution in [-0.2, 0) is 13.2 Å². The van der Waals surface area contributed by atoms with Crippen LogP contribution in [0.5, 0.6) is 11.5 Å². The second-order valence-corrected chi connectivity index (χ2v) is 4.26. The first-order valence-electron chi connectivity index (χ1n) is 6.57. The summed E-state index contributed by atoms with van der Waals surface area (Å²) in [4.78, 5) is 0. The molecular weight excluding hydrogens is 257 g/mol. The van der Waals surface area contributed by atoms with E-state index in [2.05, 4.69) is 0 Å². The minimum atomic E-state index is -0.302. The standard InChI is InChI=1S/C16H18FNO2/c1-2-19-14-8-3-4-9-15(14)20-11-13-7-5-6-12(10-18)16(13)17/h3-9H,2,10-11,18H2,1H3. The molecule has 2 rings (SSSR count). The predicted octanol–water partition coefficient (Wildman–Crippen LogP) is 3.26. The Labute approximate surface area is 118 Å². The zero-order chi connectivity index (χ0) is 14.4. The van der Waals surface area contributed by atoms with E-state index >= 15 is 0 Å². The van der Waals surface area contributed by atoms with E-state index in [9.17, 15) is 4.39 Å². The van der Waals surface area contributed by atoms with Crippen molar-refractivity contribution in [3.63, 3.8) is 0 Å². The molecule has 20 heavy (non-hydrogen) atoms. The average molecular weight is 275 g/mol. The molecule has 0 saturated carbocycles. The molecule has 106 valence electrons. The molecule has 0 unspecified atom stereocenters. The fraction of sp³-hybridized carbons (Fsp3) is 0.250. The van der Waals surface area contributed by atoms with Gasteiger partial charge in [0.25, 0.3) is 0 Å². The maximum Gasteiger partial charge on any atom is 0.161 e. The zero-order valence-electron chi connectivity index (χ0n) is 11.4. The highest BCUT2D eigenvalue weighted by Crippen LogP contribution is 2.27. The van der Waals surface area contributed by atoms with Gasteiger partial charge in [0.05, 0.1) is 6.61 Å². The van der Waals surface area contributed by atoms with Crippen molar-refractivity contribution in [3.8, 4) is 11.5 Å². The summed E-state index contributed by atoms with van der Waals surface area (Å²) in [6.45, 7) is 2.78. The van der Waals surface area contributed by atoms with Crippen LogP contribution in [0, 0.1) is 5.82 Å². The third-order valence-corrected chi connectivity index (χ3v) is 2.91. The topological polar surface area (TPSA) is 44.5 Å². The lowest BCUT2D eigenvalue weighted by Crippen LogP contribution is -2.05. The summed E-state index contributed by atoms with van der Waals surface area (Å²) in [6.07, 6.45) is 0. The molecule has 0 aliphatic heterocycles. The van der Waals surface area contributed by atoms with Gasteiger partial charge in [0, 0.05) is 17.7 Å². The first kappa shape index (κ1) is 14.3. The number of benzene rings is 2. The summed E-state index contributed by atoms with van der Waals surface area (Å²) in [5.41, 5.74) is 6.47. The monoisotopic (exact) mass is 275 g/mol. The molecule has 0 radical (unpaired) electrons. The van der Waals surface area contributed by atoms with Gasteiger partial charge in [0.2, 0.25) is 0 Å². The lowest BCUT2D eigenvalue weighted by atomic mass is 10.1. The lowest BCUT2D eigenvalue weighted by molar-refractivity contribution is 0.265. The Balaban J connectivity index is 2.13. The second-order valence-electron chi connectivity index (χ2n) is 4.26. The van der Waals surface area contributed by atoms with Crippen LogP contribution in [0.15, 0.2) is 42.5 Å². The van der Waals surface area contributed by atoms with Crippen LogP contribution in [0.1, 0.15) is 18.1 Å². The molecule has 0 bridgehead atoms. The van der Waals surface area contributed by atoms with Gasteiger partial charge in [-0.25, -0.2) is 4.39 Å². The molecule has 0 aliphatic rings. The van der Waals surface area contributed by atoms with Gasteiger partial charge in [-0.15, -0.1) is 0 Å². The number of ether oxygens (including phenoxy) is 2. The highest BCUT2D eigenvalue weighted by molar-refractivity contribution is 5.39. The maximum atomic E-state index is 14.0. The van der Waals surface area contributed by atoms with Crippen molar-refractivity contribution in [2.75, 3.05) is 6.61 Å². The van der Waals surface area contributed by atoms with Gasteiger partial charge in [0.15, 0.2) is 11.5 Å². The van der Waals surface area contributed by atoms with Gasteiger partial charge in [-0.2, -0.15) is 0 Å². The lowest BCUT2D eigenvalue weighted by Gasteiger charge is -2.12. The number of nitrogens with two attached hydrogens (primary N) is 1. The summed E-state index contributed by atoms with van der Waals surface area (Å²) < 4.78 is 25.1. The fourth-order valence-electron chi connectivity index (χ4n) is 1.90. The maximum absolute atomic E-state index is 14.0. The van der Waals surface area contributed by atoms with E-state index < -0.39 is 0 Å². The molecule has 0 spiro atoms. The van der Waals surface area contributed by atoms with Crippen LogP contribution in [0.3, 0.4) is 0 Å². The van der Waals surface area contributed by atoms with Gasteiger partial charge >= 0.3 is 0 Å². The third kappa shape index (κ3) is 3.27. The Kier molecular flexibility index (Phi) is 4.96. The SMILES string of the molecule is CCOc1ccccc1OCc1cccc(CN)c1F. The molecule has 2 aromatic rings. The summed E-state index contributed by atoms with van der Waals surface area (Å²) in [6, 6.07) is 12.5. The Morgan fingerprint density at radius 1 is 0.950 bits per heavy atom. The quantitative estimate of drug-likeness (QED) is 0.880. The Morgan fingerprint density at radius 2 is 1.60 bits per heavy atom. The van der Waals surface area contributed by atoms with Crippen LogP contribution < -0.4 is 15.2 Å². The number of hydrogen-bond acceptors (Lipinski definition) is 3. The number of halogens is 1. The van der Waals surface area contributed by atoms with Gasteiger partial charge in [-0.3, -0.25) is 0 Å². The van der Waals surface area contributed by atoms with Crippen molar-refractivity contribution >= 4 is 0 Å². The smallest absolute Gasteiger partial charge is 0.161 e. The molecule has 2 N–H and O–H groups in total. The molecular formula is C16H18FNO2. The number of para-hydroxylation sites is 2. The molecule has 0 aliphatic carbocycles. The van der Waals surface area contributed by atoms with E-state index in [0.29, 0.717) is 29.2 Å². The molecule has 0 saturated heterocycles. The summed E-state index contributed by atoms with van der Waals surface area (Å²) >= 11 is 0. The van der Waals surface area contributed by atoms with Crippen molar-refractivity contribution in [1.82, 2.24) is 0 Å². The largest absolute Gasteiger partial charge is 0.490 e. The van der Waals surface area contributed by atoms with Gasteiger partial charge < -0.3 is 15.2 Å². The molecule has 0 aromatic heterocycles. The van der Waals surface area contributed by atoms with Gasteiger partial charge in [-0.1, -0.05) is 30.3 Å². The van der Waals surface area contributed by atoms with Crippen molar-refractivity contribution in [2.45, 2.75) is 20.1 Å². The molecule has 0 fully saturated rings. The highest BCUT2D eigenvalue weighted by Gasteiger charge is 2.09. The molecule has 4 heteroatoms. The average Bonchev–Trinajstić information content (AvgIpc) is 2.48. The second kappa shape index (κ2) is 6.91. The number of hydrogen-bond donors (Lipinski definition) is 1. The fourth-order valence-corrected chi connectivity index (χ4v) is 1.90. The van der Waals surface area contributed by atoms with Gasteiger partial charge in [-0.05, 0) is 19.1 Å². The first-order chi connectivity index (χ1) is 9.76. The van der Waals surface area contributed by atoms with Crippen LogP contribution in [0.2, 0.25) is 0 Å². The van der Waals surface area contributed by atoms with E-state index in [1.807, 2.05) is 25.1 Å². The molecule has 3 nitrogen and oxygen atoms in total. The molecule has 0 atom stereocenters. The minimum Gasteiger partial charge on any atom is -0.490 e. The van der Waals surface area contributed by atoms with Crippen molar-refractivity contribution in [3.05, 3.63) is 59.4 Å². The van der Waals surface area contributed by atoms with Crippen LogP contribution >= 0.6 is 0 Å². The summed E-state index contributed by atoms with van der Waals surface area (Å²) in [7, 11) is 0. The number of rotatable bonds is 6. The minimum absolute atomic E-state index is 0.143. The van der Waals surface area contributed by atoms with E-state index in [1.54, 1.807) is 24.3 Å². The Morgan fingerprint density at radius 3 is 2.25 bits per heavy atom. The summed E-state index contributed by atoms with van der Waals surface area (Å²) in [5, 5.41) is 0.